The van der Waals surface area contributed by atoms with Gasteiger partial charge in [-0.05, 0) is 42.7 Å². The van der Waals surface area contributed by atoms with Crippen LogP contribution in [0, 0.1) is 0 Å². The molecule has 1 aromatic heterocycles. The molecule has 0 atom stereocenters. The molecule has 0 saturated carbocycles. The summed E-state index contributed by atoms with van der Waals surface area (Å²) in [7, 11) is 0. The van der Waals surface area contributed by atoms with Crippen LogP contribution in [0.2, 0.25) is 0 Å². The van der Waals surface area contributed by atoms with Gasteiger partial charge in [-0.15, -0.1) is 22.0 Å². The number of ether oxygens (including phenoxy) is 1. The molecule has 3 N–H and O–H groups in total. The van der Waals surface area contributed by atoms with E-state index in [9.17, 15) is 13.6 Å². The number of rotatable bonds is 8. The predicted molar refractivity (Wildman–Crippen MR) is 110 cm³/mol. The number of halogens is 2. The third kappa shape index (κ3) is 5.39. The molecule has 0 aliphatic heterocycles. The molecule has 0 aliphatic carbocycles. The van der Waals surface area contributed by atoms with Crippen molar-refractivity contribution in [3.63, 3.8) is 0 Å². The van der Waals surface area contributed by atoms with Crippen LogP contribution in [0.5, 0.6) is 5.75 Å². The van der Waals surface area contributed by atoms with E-state index in [0.29, 0.717) is 16.5 Å². The maximum Gasteiger partial charge on any atom is 0.387 e. The molecular weight excluding hydrogens is 420 g/mol. The van der Waals surface area contributed by atoms with Crippen molar-refractivity contribution in [1.82, 2.24) is 14.9 Å². The third-order valence-corrected chi connectivity index (χ3v) is 5.45. The van der Waals surface area contributed by atoms with Gasteiger partial charge >= 0.3 is 6.61 Å². The topological polar surface area (TPSA) is 95.1 Å². The second-order valence-corrected chi connectivity index (χ2v) is 7.41. The molecule has 0 fully saturated rings. The van der Waals surface area contributed by atoms with Gasteiger partial charge in [0.1, 0.15) is 5.75 Å². The fourth-order valence-electron chi connectivity index (χ4n) is 2.42. The van der Waals surface area contributed by atoms with Crippen molar-refractivity contribution < 1.29 is 18.3 Å². The first-order valence-electron chi connectivity index (χ1n) is 8.29. The minimum atomic E-state index is -2.89. The lowest BCUT2D eigenvalue weighted by atomic mass is 10.2. The Kier molecular flexibility index (Phi) is 6.94. The van der Waals surface area contributed by atoms with Gasteiger partial charge in [0, 0.05) is 10.5 Å². The number of anilines is 1. The number of nitrogens with one attached hydrogen (secondary N) is 1. The van der Waals surface area contributed by atoms with Gasteiger partial charge in [-0.2, -0.15) is 8.78 Å². The highest BCUT2D eigenvalue weighted by molar-refractivity contribution is 7.99. The van der Waals surface area contributed by atoms with Crippen molar-refractivity contribution >= 4 is 35.1 Å². The molecule has 3 aromatic rings. The lowest BCUT2D eigenvalue weighted by Gasteiger charge is -2.09. The van der Waals surface area contributed by atoms with Crippen LogP contribution in [0.1, 0.15) is 0 Å². The van der Waals surface area contributed by atoms with Gasteiger partial charge in [0.05, 0.1) is 11.4 Å². The first-order chi connectivity index (χ1) is 14.0. The van der Waals surface area contributed by atoms with E-state index in [4.69, 9.17) is 5.84 Å². The maximum atomic E-state index is 12.3. The average molecular weight is 437 g/mol. The van der Waals surface area contributed by atoms with E-state index >= 15 is 0 Å². The van der Waals surface area contributed by atoms with Crippen LogP contribution < -0.4 is 15.9 Å². The van der Waals surface area contributed by atoms with Crippen LogP contribution in [0.15, 0.2) is 58.6 Å². The quantitative estimate of drug-likeness (QED) is 0.410. The van der Waals surface area contributed by atoms with Crippen LogP contribution in [-0.4, -0.2) is 39.4 Å². The molecule has 152 valence electrons. The Labute approximate surface area is 174 Å². The third-order valence-electron chi connectivity index (χ3n) is 3.72. The molecule has 2 aromatic carbocycles. The molecule has 1 heterocycles. The van der Waals surface area contributed by atoms with Crippen LogP contribution in [0.25, 0.3) is 11.4 Å². The van der Waals surface area contributed by atoms with Gasteiger partial charge in [0.25, 0.3) is 0 Å². The Morgan fingerprint density at radius 2 is 1.93 bits per heavy atom. The minimum Gasteiger partial charge on any atom is -0.435 e. The highest BCUT2D eigenvalue weighted by Gasteiger charge is 2.15. The van der Waals surface area contributed by atoms with Crippen molar-refractivity contribution in [2.24, 2.45) is 0 Å². The number of amides is 1. The normalized spacial score (nSPS) is 10.9. The Morgan fingerprint density at radius 1 is 1.21 bits per heavy atom. The summed E-state index contributed by atoms with van der Waals surface area (Å²) in [6, 6.07) is 13.4. The van der Waals surface area contributed by atoms with Crippen LogP contribution in [0.3, 0.4) is 0 Å². The number of alkyl halides is 2. The van der Waals surface area contributed by atoms with Gasteiger partial charge < -0.3 is 15.9 Å². The zero-order valence-electron chi connectivity index (χ0n) is 15.2. The summed E-state index contributed by atoms with van der Waals surface area (Å²) in [5.74, 6) is 6.29. The lowest BCUT2D eigenvalue weighted by Crippen LogP contribution is -2.16. The van der Waals surface area contributed by atoms with Gasteiger partial charge in [-0.25, -0.2) is 4.68 Å². The zero-order chi connectivity index (χ0) is 20.8. The molecule has 0 unspecified atom stereocenters. The second-order valence-electron chi connectivity index (χ2n) is 5.62. The summed E-state index contributed by atoms with van der Waals surface area (Å²) in [5, 5.41) is 11.2. The van der Waals surface area contributed by atoms with Crippen molar-refractivity contribution in [3.8, 4) is 17.1 Å². The summed E-state index contributed by atoms with van der Waals surface area (Å²) >= 11 is 2.68. The number of nitrogens with two attached hydrogens (primary N) is 1. The molecule has 0 aliphatic rings. The molecule has 3 rings (SSSR count). The molecular formula is C18H17F2N5O2S2. The molecule has 0 spiro atoms. The van der Waals surface area contributed by atoms with Crippen LogP contribution in [0.4, 0.5) is 14.5 Å². The number of hydrogen-bond acceptors (Lipinski definition) is 7. The molecule has 1 amide bonds. The van der Waals surface area contributed by atoms with Crippen molar-refractivity contribution in [2.45, 2.75) is 16.7 Å². The van der Waals surface area contributed by atoms with Crippen molar-refractivity contribution in [3.05, 3.63) is 48.5 Å². The fourth-order valence-corrected chi connectivity index (χ4v) is 3.63. The van der Waals surface area contributed by atoms with E-state index < -0.39 is 6.61 Å². The first kappa shape index (κ1) is 20.9. The van der Waals surface area contributed by atoms with Gasteiger partial charge in [0.15, 0.2) is 5.82 Å². The number of hydrogen-bond donors (Lipinski definition) is 2. The molecule has 29 heavy (non-hydrogen) atoms. The van der Waals surface area contributed by atoms with E-state index in [1.165, 1.54) is 16.8 Å². The Morgan fingerprint density at radius 3 is 2.62 bits per heavy atom. The van der Waals surface area contributed by atoms with Crippen LogP contribution >= 0.6 is 23.5 Å². The number of nitrogen functional groups attached to an aromatic ring is 1. The van der Waals surface area contributed by atoms with Gasteiger partial charge in [-0.3, -0.25) is 4.79 Å². The number of carbonyl (C=O) groups is 1. The maximum absolute atomic E-state index is 12.3. The number of carbonyl (C=O) groups excluding carboxylic acids is 1. The molecule has 11 heteroatoms. The number of benzene rings is 2. The number of aromatic nitrogens is 3. The van der Waals surface area contributed by atoms with E-state index in [2.05, 4.69) is 20.3 Å². The fraction of sp³-hybridized carbons (Fsp3) is 0.167. The Bertz CT molecular complexity index is 983. The summed E-state index contributed by atoms with van der Waals surface area (Å²) in [6.45, 7) is -2.89. The molecule has 0 radical (unpaired) electrons. The number of para-hydroxylation sites is 1. The first-order valence-corrected chi connectivity index (χ1v) is 10.5. The zero-order valence-corrected chi connectivity index (χ0v) is 16.8. The highest BCUT2D eigenvalue weighted by atomic mass is 32.2. The molecule has 0 saturated heterocycles. The largest absolute Gasteiger partial charge is 0.435 e. The lowest BCUT2D eigenvalue weighted by molar-refractivity contribution is -0.113. The summed E-state index contributed by atoms with van der Waals surface area (Å²) in [6.07, 6.45) is 1.93. The number of nitrogens with zero attached hydrogens (tertiary/aromatic N) is 3. The smallest absolute Gasteiger partial charge is 0.387 e. The van der Waals surface area contributed by atoms with E-state index in [-0.39, 0.29) is 17.4 Å². The minimum absolute atomic E-state index is 0.0311. The molecule has 7 nitrogen and oxygen atoms in total. The summed E-state index contributed by atoms with van der Waals surface area (Å²) in [5.41, 5.74) is 1.32. The second kappa shape index (κ2) is 9.61. The monoisotopic (exact) mass is 437 g/mol. The summed E-state index contributed by atoms with van der Waals surface area (Å²) in [4.78, 5) is 13.2. The summed E-state index contributed by atoms with van der Waals surface area (Å²) < 4.78 is 30.0. The Hall–Kier alpha value is -2.79. The van der Waals surface area contributed by atoms with E-state index in [1.54, 1.807) is 23.9 Å². The average Bonchev–Trinajstić information content (AvgIpc) is 3.07. The van der Waals surface area contributed by atoms with E-state index in [0.717, 1.165) is 22.3 Å². The Balaban J connectivity index is 1.63. The molecule has 0 bridgehead atoms. The van der Waals surface area contributed by atoms with Crippen LogP contribution in [-0.2, 0) is 4.79 Å². The standard InChI is InChI=1S/C18H17F2N5O2S2/c1-28-14-5-3-2-4-13(14)22-15(26)10-29-18-24-23-16(25(18)21)11-6-8-12(9-7-11)27-17(19)20/h2-9,17H,10,21H2,1H3,(H,22,26). The van der Waals surface area contributed by atoms with Gasteiger partial charge in [-0.1, -0.05) is 23.9 Å². The van der Waals surface area contributed by atoms with Gasteiger partial charge in [0.2, 0.25) is 11.1 Å². The highest BCUT2D eigenvalue weighted by Crippen LogP contribution is 2.26. The van der Waals surface area contributed by atoms with Crippen molar-refractivity contribution in [2.75, 3.05) is 23.2 Å². The number of thioether (sulfide) groups is 2. The predicted octanol–water partition coefficient (Wildman–Crippen LogP) is 3.71. The van der Waals surface area contributed by atoms with E-state index in [1.807, 2.05) is 30.5 Å². The van der Waals surface area contributed by atoms with Crippen molar-refractivity contribution in [1.29, 1.82) is 0 Å². The SMILES string of the molecule is CSc1ccccc1NC(=O)CSc1nnc(-c2ccc(OC(F)F)cc2)n1N.